The first kappa shape index (κ1) is 20.0. The van der Waals surface area contributed by atoms with Gasteiger partial charge in [0.1, 0.15) is 5.75 Å². The number of carbonyl (C=O) groups excluding carboxylic acids is 3. The molecule has 3 aliphatic rings. The first-order chi connectivity index (χ1) is 15.4. The monoisotopic (exact) mass is 436 g/mol. The lowest BCUT2D eigenvalue weighted by molar-refractivity contribution is -0.384. The molecule has 0 radical (unpaired) electrons. The number of barbiturate groups is 1. The number of ether oxygens (including phenoxy) is 1. The third kappa shape index (κ3) is 2.68. The first-order valence-corrected chi connectivity index (χ1v) is 10.2. The summed E-state index contributed by atoms with van der Waals surface area (Å²) in [4.78, 5) is 53.7. The number of rotatable bonds is 3. The van der Waals surface area contributed by atoms with Crippen molar-refractivity contribution in [3.63, 3.8) is 0 Å². The average molecular weight is 436 g/mol. The van der Waals surface area contributed by atoms with E-state index in [1.807, 2.05) is 4.90 Å². The maximum atomic E-state index is 13.9. The fourth-order valence-electron chi connectivity index (χ4n) is 5.16. The highest BCUT2D eigenvalue weighted by molar-refractivity contribution is 6.30. The van der Waals surface area contributed by atoms with Crippen molar-refractivity contribution in [3.05, 3.63) is 58.1 Å². The van der Waals surface area contributed by atoms with Crippen molar-refractivity contribution in [1.29, 1.82) is 0 Å². The highest BCUT2D eigenvalue weighted by Gasteiger charge is 2.63. The SMILES string of the molecule is COc1ccc(N2C(=O)NC(=O)C3(Cc4cc([N+](=O)[O-])ccc4N4CCCC43)C2=O)cc1. The van der Waals surface area contributed by atoms with Crippen LogP contribution in [0, 0.1) is 15.5 Å². The molecule has 2 saturated heterocycles. The number of nitro benzene ring substituents is 1. The van der Waals surface area contributed by atoms with E-state index in [1.54, 1.807) is 30.3 Å². The van der Waals surface area contributed by atoms with E-state index in [-0.39, 0.29) is 12.1 Å². The Morgan fingerprint density at radius 3 is 2.59 bits per heavy atom. The van der Waals surface area contributed by atoms with E-state index in [9.17, 15) is 24.5 Å². The van der Waals surface area contributed by atoms with Crippen LogP contribution in [-0.4, -0.2) is 42.5 Å². The Balaban J connectivity index is 1.63. The van der Waals surface area contributed by atoms with E-state index in [0.717, 1.165) is 17.0 Å². The van der Waals surface area contributed by atoms with E-state index in [1.165, 1.54) is 19.2 Å². The highest BCUT2D eigenvalue weighted by Crippen LogP contribution is 2.49. The number of fused-ring (bicyclic) bond motifs is 4. The molecule has 2 aromatic rings. The number of anilines is 2. The minimum atomic E-state index is -1.56. The van der Waals surface area contributed by atoms with Crippen LogP contribution in [0.15, 0.2) is 42.5 Å². The fourth-order valence-corrected chi connectivity index (χ4v) is 5.16. The Morgan fingerprint density at radius 2 is 1.91 bits per heavy atom. The number of hydrogen-bond acceptors (Lipinski definition) is 7. The molecule has 32 heavy (non-hydrogen) atoms. The van der Waals surface area contributed by atoms with Crippen molar-refractivity contribution in [1.82, 2.24) is 5.32 Å². The number of imide groups is 2. The van der Waals surface area contributed by atoms with Crippen molar-refractivity contribution >= 4 is 34.9 Å². The molecule has 5 rings (SSSR count). The second-order valence-corrected chi connectivity index (χ2v) is 8.17. The predicted octanol–water partition coefficient (Wildman–Crippen LogP) is 2.40. The molecule has 2 aromatic carbocycles. The highest BCUT2D eigenvalue weighted by atomic mass is 16.6. The van der Waals surface area contributed by atoms with Crippen LogP contribution in [0.5, 0.6) is 5.75 Å². The standard InChI is InChI=1S/C22H20N4O6/c1-32-16-7-4-14(5-8-16)25-20(28)22(19(27)23-21(25)29)12-13-11-15(26(30)31)6-9-17(13)24-10-2-3-18(22)24/h4-9,11,18H,2-3,10,12H2,1H3,(H,23,27,29). The van der Waals surface area contributed by atoms with E-state index in [4.69, 9.17) is 4.74 Å². The molecule has 2 atom stereocenters. The normalized spacial score (nSPS) is 24.3. The van der Waals surface area contributed by atoms with Gasteiger partial charge in [-0.3, -0.25) is 25.0 Å². The summed E-state index contributed by atoms with van der Waals surface area (Å²) in [6.07, 6.45) is 1.34. The van der Waals surface area contributed by atoms with E-state index < -0.39 is 34.2 Å². The van der Waals surface area contributed by atoms with E-state index >= 15 is 0 Å². The number of nitrogens with zero attached hydrogens (tertiary/aromatic N) is 3. The largest absolute Gasteiger partial charge is 0.497 e. The summed E-state index contributed by atoms with van der Waals surface area (Å²) in [6, 6.07) is 9.67. The maximum Gasteiger partial charge on any atom is 0.335 e. The molecule has 1 spiro atoms. The summed E-state index contributed by atoms with van der Waals surface area (Å²) in [5.74, 6) is -0.720. The number of urea groups is 1. The lowest BCUT2D eigenvalue weighted by Gasteiger charge is -2.49. The van der Waals surface area contributed by atoms with Crippen LogP contribution < -0.4 is 19.9 Å². The molecular formula is C22H20N4O6. The molecule has 0 bridgehead atoms. The van der Waals surface area contributed by atoms with Gasteiger partial charge in [-0.05, 0) is 48.7 Å². The minimum absolute atomic E-state index is 0.0181. The van der Waals surface area contributed by atoms with E-state index in [2.05, 4.69) is 5.32 Å². The van der Waals surface area contributed by atoms with Gasteiger partial charge in [-0.25, -0.2) is 9.69 Å². The Hall–Kier alpha value is -3.95. The average Bonchev–Trinajstić information content (AvgIpc) is 3.28. The van der Waals surface area contributed by atoms with Crippen molar-refractivity contribution < 1.29 is 24.0 Å². The van der Waals surface area contributed by atoms with Gasteiger partial charge in [0.25, 0.3) is 11.6 Å². The summed E-state index contributed by atoms with van der Waals surface area (Å²) in [5.41, 5.74) is -0.0213. The van der Waals surface area contributed by atoms with Crippen LogP contribution in [0.2, 0.25) is 0 Å². The molecule has 0 aromatic heterocycles. The Bertz CT molecular complexity index is 1160. The van der Waals surface area contributed by atoms with Crippen LogP contribution in [0.4, 0.5) is 21.9 Å². The molecule has 10 nitrogen and oxygen atoms in total. The van der Waals surface area contributed by atoms with Crippen LogP contribution in [0.1, 0.15) is 18.4 Å². The minimum Gasteiger partial charge on any atom is -0.497 e. The van der Waals surface area contributed by atoms with Crippen LogP contribution >= 0.6 is 0 Å². The van der Waals surface area contributed by atoms with Gasteiger partial charge in [0.15, 0.2) is 5.41 Å². The molecule has 1 N–H and O–H groups in total. The van der Waals surface area contributed by atoms with Gasteiger partial charge >= 0.3 is 6.03 Å². The molecule has 164 valence electrons. The number of non-ortho nitro benzene ring substituents is 1. The lowest BCUT2D eigenvalue weighted by atomic mass is 9.68. The molecule has 3 heterocycles. The van der Waals surface area contributed by atoms with E-state index in [0.29, 0.717) is 30.0 Å². The zero-order valence-electron chi connectivity index (χ0n) is 17.2. The van der Waals surface area contributed by atoms with Crippen molar-refractivity contribution in [2.75, 3.05) is 23.5 Å². The number of methoxy groups -OCH3 is 1. The molecule has 0 saturated carbocycles. The summed E-state index contributed by atoms with van der Waals surface area (Å²) in [6.45, 7) is 0.619. The summed E-state index contributed by atoms with van der Waals surface area (Å²) < 4.78 is 5.14. The zero-order chi connectivity index (χ0) is 22.6. The summed E-state index contributed by atoms with van der Waals surface area (Å²) in [5, 5.41) is 13.7. The Morgan fingerprint density at radius 1 is 1.16 bits per heavy atom. The second kappa shape index (κ2) is 7.04. The van der Waals surface area contributed by atoms with Gasteiger partial charge in [-0.15, -0.1) is 0 Å². The molecule has 2 fully saturated rings. The zero-order valence-corrected chi connectivity index (χ0v) is 17.2. The van der Waals surface area contributed by atoms with Crippen LogP contribution in [0.3, 0.4) is 0 Å². The predicted molar refractivity (Wildman–Crippen MR) is 114 cm³/mol. The van der Waals surface area contributed by atoms with Crippen LogP contribution in [0.25, 0.3) is 0 Å². The topological polar surface area (TPSA) is 122 Å². The van der Waals surface area contributed by atoms with Gasteiger partial charge < -0.3 is 9.64 Å². The molecule has 2 unspecified atom stereocenters. The van der Waals surface area contributed by atoms with Gasteiger partial charge in [-0.1, -0.05) is 0 Å². The third-order valence-electron chi connectivity index (χ3n) is 6.62. The second-order valence-electron chi connectivity index (χ2n) is 8.17. The smallest absolute Gasteiger partial charge is 0.335 e. The maximum absolute atomic E-state index is 13.9. The number of carbonyl (C=O) groups is 3. The van der Waals surface area contributed by atoms with Crippen LogP contribution in [-0.2, 0) is 16.0 Å². The molecule has 0 aliphatic carbocycles. The Kier molecular flexibility index (Phi) is 4.40. The number of nitrogens with one attached hydrogen (secondary N) is 1. The quantitative estimate of drug-likeness (QED) is 0.445. The summed E-state index contributed by atoms with van der Waals surface area (Å²) in [7, 11) is 1.51. The first-order valence-electron chi connectivity index (χ1n) is 10.2. The third-order valence-corrected chi connectivity index (χ3v) is 6.62. The number of hydrogen-bond donors (Lipinski definition) is 1. The number of amides is 4. The molecule has 4 amide bonds. The van der Waals surface area contributed by atoms with Crippen molar-refractivity contribution in [3.8, 4) is 5.75 Å². The van der Waals surface area contributed by atoms with Gasteiger partial charge in [0, 0.05) is 30.8 Å². The van der Waals surface area contributed by atoms with Gasteiger partial charge in [0.2, 0.25) is 5.91 Å². The number of benzene rings is 2. The van der Waals surface area contributed by atoms with Gasteiger partial charge in [-0.2, -0.15) is 0 Å². The molecule has 3 aliphatic heterocycles. The molecular weight excluding hydrogens is 416 g/mol. The fraction of sp³-hybridized carbons (Fsp3) is 0.318. The summed E-state index contributed by atoms with van der Waals surface area (Å²) >= 11 is 0. The Labute approximate surface area is 182 Å². The van der Waals surface area contributed by atoms with Crippen molar-refractivity contribution in [2.24, 2.45) is 5.41 Å². The van der Waals surface area contributed by atoms with Crippen molar-refractivity contribution in [2.45, 2.75) is 25.3 Å². The van der Waals surface area contributed by atoms with Gasteiger partial charge in [0.05, 0.1) is 23.8 Å². The lowest BCUT2D eigenvalue weighted by Crippen LogP contribution is -2.71. The molecule has 10 heteroatoms. The number of nitro groups is 1.